The van der Waals surface area contributed by atoms with Crippen LogP contribution < -0.4 is 16.4 Å². The summed E-state index contributed by atoms with van der Waals surface area (Å²) in [5.74, 6) is -5.62. The van der Waals surface area contributed by atoms with Crippen LogP contribution in [0.15, 0.2) is 0 Å². The van der Waals surface area contributed by atoms with Crippen molar-refractivity contribution in [1.82, 2.24) is 15.5 Å². The first-order chi connectivity index (χ1) is 15.5. The third-order valence-electron chi connectivity index (χ3n) is 5.06. The van der Waals surface area contributed by atoms with Gasteiger partial charge in [0.05, 0.1) is 12.5 Å². The molecule has 3 amide bonds. The molecule has 1 saturated heterocycles. The Bertz CT molecular complexity index is 764. The summed E-state index contributed by atoms with van der Waals surface area (Å²) in [6, 6.07) is -4.80. The van der Waals surface area contributed by atoms with E-state index in [0.717, 1.165) is 0 Å². The van der Waals surface area contributed by atoms with E-state index in [1.807, 2.05) is 0 Å². The first-order valence-corrected chi connectivity index (χ1v) is 11.7. The number of aliphatic carboxylic acids is 3. The molecule has 0 aliphatic carbocycles. The maximum Gasteiger partial charge on any atom is 0.326 e. The molecule has 1 aliphatic rings. The average Bonchev–Trinajstić information content (AvgIpc) is 3.23. The highest BCUT2D eigenvalue weighted by Gasteiger charge is 2.38. The van der Waals surface area contributed by atoms with Crippen LogP contribution in [-0.2, 0) is 28.8 Å². The first kappa shape index (κ1) is 28.2. The lowest BCUT2D eigenvalue weighted by atomic mass is 10.1. The minimum Gasteiger partial charge on any atom is -0.481 e. The minimum absolute atomic E-state index is 0.0854. The van der Waals surface area contributed by atoms with Crippen molar-refractivity contribution < 1.29 is 44.1 Å². The summed E-state index contributed by atoms with van der Waals surface area (Å²) in [5, 5.41) is 31.4. The lowest BCUT2D eigenvalue weighted by Gasteiger charge is -2.28. The molecule has 14 heteroatoms. The van der Waals surface area contributed by atoms with Crippen molar-refractivity contribution in [3.8, 4) is 0 Å². The molecule has 7 N–H and O–H groups in total. The number of carbonyl (C=O) groups excluding carboxylic acids is 3. The molecule has 0 radical (unpaired) electrons. The van der Waals surface area contributed by atoms with Gasteiger partial charge in [-0.15, -0.1) is 0 Å². The summed E-state index contributed by atoms with van der Waals surface area (Å²) in [4.78, 5) is 72.2. The van der Waals surface area contributed by atoms with E-state index < -0.39 is 66.2 Å². The molecule has 1 rings (SSSR count). The Morgan fingerprint density at radius 3 is 2.24 bits per heavy atom. The number of likely N-dealkylation sites (tertiary alicyclic amines) is 1. The summed E-state index contributed by atoms with van der Waals surface area (Å²) in [7, 11) is 0. The van der Waals surface area contributed by atoms with Gasteiger partial charge in [0.15, 0.2) is 0 Å². The number of hydrogen-bond donors (Lipinski definition) is 6. The first-order valence-electron chi connectivity index (χ1n) is 10.3. The van der Waals surface area contributed by atoms with Crippen molar-refractivity contribution in [2.45, 2.75) is 62.7 Å². The molecule has 4 atom stereocenters. The van der Waals surface area contributed by atoms with Gasteiger partial charge in [0.2, 0.25) is 17.7 Å². The third-order valence-corrected chi connectivity index (χ3v) is 5.71. The molecule has 0 saturated carbocycles. The summed E-state index contributed by atoms with van der Waals surface area (Å²) >= 11 is 1.39. The van der Waals surface area contributed by atoms with E-state index >= 15 is 0 Å². The number of nitrogens with one attached hydrogen (secondary N) is 2. The summed E-state index contributed by atoms with van der Waals surface area (Å²) < 4.78 is 0. The molecule has 0 spiro atoms. The number of nitrogens with two attached hydrogens (primary N) is 1. The maximum atomic E-state index is 12.9. The van der Waals surface area contributed by atoms with E-state index in [9.17, 15) is 28.8 Å². The zero-order valence-corrected chi connectivity index (χ0v) is 19.0. The monoisotopic (exact) mass is 490 g/mol. The van der Waals surface area contributed by atoms with Gasteiger partial charge in [-0.3, -0.25) is 24.0 Å². The van der Waals surface area contributed by atoms with Crippen LogP contribution >= 0.6 is 11.8 Å². The van der Waals surface area contributed by atoms with Crippen LogP contribution in [0.4, 0.5) is 0 Å². The predicted molar refractivity (Wildman–Crippen MR) is 116 cm³/mol. The summed E-state index contributed by atoms with van der Waals surface area (Å²) in [5.41, 5.74) is 5.79. The number of carboxylic acid groups (broad SMARTS) is 3. The highest BCUT2D eigenvalue weighted by Crippen LogP contribution is 2.19. The SMILES string of the molecule is CSCC[C@H](NC(=O)[C@@H]1CCCN1C(=O)[C@@H](N)CCC(=O)O)C(=O)N[C@@H](CC(=O)O)C(=O)O. The number of thioether (sulfide) groups is 1. The van der Waals surface area contributed by atoms with Gasteiger partial charge in [0, 0.05) is 13.0 Å². The third kappa shape index (κ3) is 9.26. The fourth-order valence-electron chi connectivity index (χ4n) is 3.34. The van der Waals surface area contributed by atoms with Crippen LogP contribution in [0, 0.1) is 0 Å². The molecule has 186 valence electrons. The van der Waals surface area contributed by atoms with Crippen LogP contribution in [0.1, 0.15) is 38.5 Å². The summed E-state index contributed by atoms with van der Waals surface area (Å²) in [6.45, 7) is 0.249. The van der Waals surface area contributed by atoms with Crippen molar-refractivity contribution >= 4 is 47.4 Å². The van der Waals surface area contributed by atoms with Crippen molar-refractivity contribution in [3.63, 3.8) is 0 Å². The van der Waals surface area contributed by atoms with Crippen LogP contribution in [0.2, 0.25) is 0 Å². The maximum absolute atomic E-state index is 12.9. The Kier molecular flexibility index (Phi) is 11.6. The fourth-order valence-corrected chi connectivity index (χ4v) is 3.81. The van der Waals surface area contributed by atoms with Gasteiger partial charge in [-0.2, -0.15) is 11.8 Å². The molecular weight excluding hydrogens is 460 g/mol. The van der Waals surface area contributed by atoms with Crippen molar-refractivity contribution in [3.05, 3.63) is 0 Å². The molecule has 13 nitrogen and oxygen atoms in total. The zero-order chi connectivity index (χ0) is 25.1. The smallest absolute Gasteiger partial charge is 0.326 e. The second-order valence-corrected chi connectivity index (χ2v) is 8.55. The minimum atomic E-state index is -1.67. The van der Waals surface area contributed by atoms with Crippen molar-refractivity contribution in [2.24, 2.45) is 5.73 Å². The van der Waals surface area contributed by atoms with E-state index in [1.165, 1.54) is 16.7 Å². The van der Waals surface area contributed by atoms with Gasteiger partial charge in [0.1, 0.15) is 18.1 Å². The average molecular weight is 491 g/mol. The van der Waals surface area contributed by atoms with Crippen molar-refractivity contribution in [2.75, 3.05) is 18.6 Å². The largest absolute Gasteiger partial charge is 0.481 e. The number of carbonyl (C=O) groups is 6. The van der Waals surface area contributed by atoms with Gasteiger partial charge in [0.25, 0.3) is 0 Å². The molecular formula is C19H30N4O9S. The topological polar surface area (TPSA) is 216 Å². The van der Waals surface area contributed by atoms with Gasteiger partial charge in [-0.1, -0.05) is 0 Å². The number of hydrogen-bond acceptors (Lipinski definition) is 8. The molecule has 1 aliphatic heterocycles. The lowest BCUT2D eigenvalue weighted by Crippen LogP contribution is -2.56. The molecule has 1 fully saturated rings. The Labute approximate surface area is 194 Å². The van der Waals surface area contributed by atoms with E-state index in [1.54, 1.807) is 6.26 Å². The molecule has 33 heavy (non-hydrogen) atoms. The zero-order valence-electron chi connectivity index (χ0n) is 18.2. The van der Waals surface area contributed by atoms with Crippen LogP contribution in [0.25, 0.3) is 0 Å². The number of amides is 3. The molecule has 1 heterocycles. The Hall–Kier alpha value is -2.87. The van der Waals surface area contributed by atoms with Gasteiger partial charge in [-0.05, 0) is 37.7 Å². The number of nitrogens with zero attached hydrogens (tertiary/aromatic N) is 1. The fraction of sp³-hybridized carbons (Fsp3) is 0.684. The quantitative estimate of drug-likeness (QED) is 0.164. The second kappa shape index (κ2) is 13.6. The van der Waals surface area contributed by atoms with E-state index in [-0.39, 0.29) is 25.8 Å². The number of rotatable bonds is 14. The highest BCUT2D eigenvalue weighted by molar-refractivity contribution is 7.98. The molecule has 0 aromatic carbocycles. The van der Waals surface area contributed by atoms with Gasteiger partial charge < -0.3 is 36.6 Å². The standard InChI is InChI=1S/C19H30N4O9S/c1-33-8-6-11(16(28)22-12(19(31)32)9-15(26)27)21-17(29)13-3-2-7-23(13)18(30)10(20)4-5-14(24)25/h10-13H,2-9,20H2,1H3,(H,21,29)(H,22,28)(H,24,25)(H,26,27)(H,31,32)/t10-,11-,12-,13-/m0/s1. The van der Waals surface area contributed by atoms with E-state index in [2.05, 4.69) is 10.6 Å². The van der Waals surface area contributed by atoms with Crippen LogP contribution in [-0.4, -0.2) is 98.6 Å². The predicted octanol–water partition coefficient (Wildman–Crippen LogP) is -1.55. The van der Waals surface area contributed by atoms with Crippen LogP contribution in [0.5, 0.6) is 0 Å². The second-order valence-electron chi connectivity index (χ2n) is 7.57. The molecule has 0 aromatic rings. The van der Waals surface area contributed by atoms with Gasteiger partial charge >= 0.3 is 17.9 Å². The summed E-state index contributed by atoms with van der Waals surface area (Å²) in [6.07, 6.45) is 1.54. The van der Waals surface area contributed by atoms with Crippen LogP contribution in [0.3, 0.4) is 0 Å². The molecule has 0 bridgehead atoms. The normalized spacial score (nSPS) is 18.1. The Morgan fingerprint density at radius 2 is 1.70 bits per heavy atom. The lowest BCUT2D eigenvalue weighted by molar-refractivity contribution is -0.147. The molecule has 0 unspecified atom stereocenters. The Morgan fingerprint density at radius 1 is 1.03 bits per heavy atom. The molecule has 0 aromatic heterocycles. The van der Waals surface area contributed by atoms with Crippen molar-refractivity contribution in [1.29, 1.82) is 0 Å². The van der Waals surface area contributed by atoms with E-state index in [0.29, 0.717) is 18.6 Å². The van der Waals surface area contributed by atoms with Gasteiger partial charge in [-0.25, -0.2) is 4.79 Å². The Balaban J connectivity index is 2.88. The highest BCUT2D eigenvalue weighted by atomic mass is 32.2. The van der Waals surface area contributed by atoms with E-state index in [4.69, 9.17) is 21.1 Å². The number of carboxylic acids is 3.